The first-order valence-electron chi connectivity index (χ1n) is 12.2. The quantitative estimate of drug-likeness (QED) is 0.385. The van der Waals surface area contributed by atoms with Crippen LogP contribution in [0.5, 0.6) is 11.5 Å². The number of ether oxygens (including phenoxy) is 2. The number of hydrogen-bond acceptors (Lipinski definition) is 6. The van der Waals surface area contributed by atoms with Gasteiger partial charge >= 0.3 is 0 Å². The zero-order valence-corrected chi connectivity index (χ0v) is 20.7. The van der Waals surface area contributed by atoms with Crippen LogP contribution in [0.3, 0.4) is 0 Å². The van der Waals surface area contributed by atoms with Gasteiger partial charge in [-0.05, 0) is 72.8 Å². The predicted molar refractivity (Wildman–Crippen MR) is 141 cm³/mol. The summed E-state index contributed by atoms with van der Waals surface area (Å²) in [5.41, 5.74) is 5.39. The molecule has 0 unspecified atom stereocenters. The molecule has 2 heterocycles. The molecule has 1 aliphatic rings. The van der Waals surface area contributed by atoms with Crippen molar-refractivity contribution in [3.8, 4) is 11.5 Å². The van der Waals surface area contributed by atoms with Gasteiger partial charge in [0.15, 0.2) is 11.5 Å². The lowest BCUT2D eigenvalue weighted by atomic mass is 9.98. The normalized spacial score (nSPS) is 13.3. The van der Waals surface area contributed by atoms with Gasteiger partial charge in [0.05, 0.1) is 19.7 Å². The van der Waals surface area contributed by atoms with E-state index in [0.29, 0.717) is 0 Å². The van der Waals surface area contributed by atoms with E-state index in [0.717, 1.165) is 67.0 Å². The van der Waals surface area contributed by atoms with Gasteiger partial charge in [0, 0.05) is 30.4 Å². The van der Waals surface area contributed by atoms with Gasteiger partial charge < -0.3 is 14.8 Å². The van der Waals surface area contributed by atoms with Crippen molar-refractivity contribution in [2.75, 3.05) is 32.6 Å². The maximum Gasteiger partial charge on any atom is 0.293 e. The number of aromatic nitrogens is 2. The Kier molecular flexibility index (Phi) is 7.09. The van der Waals surface area contributed by atoms with Crippen molar-refractivity contribution in [1.82, 2.24) is 14.9 Å². The Morgan fingerprint density at radius 2 is 1.75 bits per heavy atom. The first-order valence-corrected chi connectivity index (χ1v) is 12.2. The molecule has 0 fully saturated rings. The van der Waals surface area contributed by atoms with E-state index in [2.05, 4.69) is 44.5 Å². The van der Waals surface area contributed by atoms with Crippen molar-refractivity contribution < 1.29 is 14.3 Å². The summed E-state index contributed by atoms with van der Waals surface area (Å²) in [6.07, 6.45) is 4.75. The molecule has 0 aliphatic carbocycles. The number of fused-ring (bicyclic) bond motifs is 2. The van der Waals surface area contributed by atoms with Gasteiger partial charge in [-0.3, -0.25) is 9.69 Å². The molecule has 5 rings (SSSR count). The number of nitrogens with one attached hydrogen (secondary N) is 1. The van der Waals surface area contributed by atoms with E-state index in [1.807, 2.05) is 36.4 Å². The Bertz CT molecular complexity index is 1370. The highest BCUT2D eigenvalue weighted by Crippen LogP contribution is 2.33. The zero-order valence-electron chi connectivity index (χ0n) is 20.7. The molecule has 0 radical (unpaired) electrons. The number of nitrogens with zero attached hydrogens (tertiary/aromatic N) is 3. The number of benzene rings is 3. The molecule has 3 aromatic carbocycles. The summed E-state index contributed by atoms with van der Waals surface area (Å²) >= 11 is 0. The average Bonchev–Trinajstić information content (AvgIpc) is 2.92. The number of carbonyl (C=O) groups excluding carboxylic acids is 1. The van der Waals surface area contributed by atoms with E-state index in [9.17, 15) is 4.79 Å². The summed E-state index contributed by atoms with van der Waals surface area (Å²) in [7, 11) is 3.36. The molecule has 0 atom stereocenters. The van der Waals surface area contributed by atoms with Crippen molar-refractivity contribution in [3.63, 3.8) is 0 Å². The summed E-state index contributed by atoms with van der Waals surface area (Å²) in [6, 6.07) is 19.8. The molecule has 4 aromatic rings. The standard InChI is InChI=1S/C29H30N4O3/c1-35-26-16-21-13-15-33(19-23(21)17-27(26)36-2)14-5-6-20-9-11-24(12-10-20)31-29(34)28-30-18-22-7-3-4-8-25(22)32-28/h3-4,7-12,16-18H,5-6,13-15,19H2,1-2H3,(H,31,34). The lowest BCUT2D eigenvalue weighted by molar-refractivity contribution is 0.101. The molecule has 1 aliphatic heterocycles. The largest absolute Gasteiger partial charge is 0.493 e. The van der Waals surface area contributed by atoms with Crippen LogP contribution in [-0.4, -0.2) is 48.1 Å². The molecule has 1 N–H and O–H groups in total. The fourth-order valence-electron chi connectivity index (χ4n) is 4.66. The van der Waals surface area contributed by atoms with Crippen LogP contribution >= 0.6 is 0 Å². The average molecular weight is 483 g/mol. The van der Waals surface area contributed by atoms with Gasteiger partial charge in [0.2, 0.25) is 5.82 Å². The predicted octanol–water partition coefficient (Wildman–Crippen LogP) is 4.89. The van der Waals surface area contributed by atoms with Crippen LogP contribution in [0, 0.1) is 0 Å². The molecule has 184 valence electrons. The number of aryl methyl sites for hydroxylation is 1. The fraction of sp³-hybridized carbons (Fsp3) is 0.276. The first kappa shape index (κ1) is 23.8. The third kappa shape index (κ3) is 5.31. The summed E-state index contributed by atoms with van der Waals surface area (Å²) in [5.74, 6) is 1.44. The number of anilines is 1. The molecule has 0 bridgehead atoms. The Labute approximate surface area is 211 Å². The molecule has 0 spiro atoms. The Balaban J connectivity index is 1.12. The van der Waals surface area contributed by atoms with Gasteiger partial charge in [-0.1, -0.05) is 30.3 Å². The second kappa shape index (κ2) is 10.7. The molecule has 7 nitrogen and oxygen atoms in total. The van der Waals surface area contributed by atoms with E-state index in [4.69, 9.17) is 9.47 Å². The van der Waals surface area contributed by atoms with Crippen LogP contribution in [0.1, 0.15) is 33.7 Å². The van der Waals surface area contributed by atoms with Crippen molar-refractivity contribution in [2.45, 2.75) is 25.8 Å². The van der Waals surface area contributed by atoms with Crippen molar-refractivity contribution in [2.24, 2.45) is 0 Å². The summed E-state index contributed by atoms with van der Waals surface area (Å²) in [4.78, 5) is 23.7. The Hall–Kier alpha value is -3.97. The minimum absolute atomic E-state index is 0.164. The number of carbonyl (C=O) groups is 1. The van der Waals surface area contributed by atoms with Crippen molar-refractivity contribution >= 4 is 22.5 Å². The van der Waals surface area contributed by atoms with Crippen LogP contribution in [0.4, 0.5) is 5.69 Å². The van der Waals surface area contributed by atoms with E-state index in [1.54, 1.807) is 20.4 Å². The number of methoxy groups -OCH3 is 2. The third-order valence-electron chi connectivity index (χ3n) is 6.64. The molecule has 36 heavy (non-hydrogen) atoms. The second-order valence-corrected chi connectivity index (χ2v) is 9.01. The van der Waals surface area contributed by atoms with E-state index >= 15 is 0 Å². The van der Waals surface area contributed by atoms with Crippen LogP contribution < -0.4 is 14.8 Å². The highest BCUT2D eigenvalue weighted by Gasteiger charge is 2.19. The summed E-state index contributed by atoms with van der Waals surface area (Å²) < 4.78 is 10.9. The first-order chi connectivity index (χ1) is 17.6. The molecule has 0 saturated carbocycles. The van der Waals surface area contributed by atoms with Crippen LogP contribution in [0.2, 0.25) is 0 Å². The molecule has 0 saturated heterocycles. The van der Waals surface area contributed by atoms with Gasteiger partial charge in [-0.25, -0.2) is 9.97 Å². The van der Waals surface area contributed by atoms with Gasteiger partial charge in [0.25, 0.3) is 5.91 Å². The van der Waals surface area contributed by atoms with E-state index < -0.39 is 0 Å². The highest BCUT2D eigenvalue weighted by molar-refractivity contribution is 6.02. The topological polar surface area (TPSA) is 76.6 Å². The molecular weight excluding hydrogens is 452 g/mol. The lowest BCUT2D eigenvalue weighted by Gasteiger charge is -2.29. The van der Waals surface area contributed by atoms with E-state index in [1.165, 1.54) is 16.7 Å². The summed E-state index contributed by atoms with van der Waals surface area (Å²) in [6.45, 7) is 3.01. The molecule has 1 amide bonds. The number of hydrogen-bond donors (Lipinski definition) is 1. The Morgan fingerprint density at radius 3 is 2.53 bits per heavy atom. The monoisotopic (exact) mass is 482 g/mol. The van der Waals surface area contributed by atoms with E-state index in [-0.39, 0.29) is 11.7 Å². The Morgan fingerprint density at radius 1 is 1.00 bits per heavy atom. The summed E-state index contributed by atoms with van der Waals surface area (Å²) in [5, 5.41) is 3.80. The highest BCUT2D eigenvalue weighted by atomic mass is 16.5. The van der Waals surface area contributed by atoms with Crippen molar-refractivity contribution in [1.29, 1.82) is 0 Å². The maximum atomic E-state index is 12.6. The minimum Gasteiger partial charge on any atom is -0.493 e. The SMILES string of the molecule is COc1cc2c(cc1OC)CN(CCCc1ccc(NC(=O)c3ncc4ccccc4n3)cc1)CC2. The maximum absolute atomic E-state index is 12.6. The zero-order chi connectivity index (χ0) is 24.9. The van der Waals surface area contributed by atoms with Gasteiger partial charge in [0.1, 0.15) is 0 Å². The fourth-order valence-corrected chi connectivity index (χ4v) is 4.66. The number of para-hydroxylation sites is 1. The third-order valence-corrected chi connectivity index (χ3v) is 6.64. The second-order valence-electron chi connectivity index (χ2n) is 9.01. The molecular formula is C29H30N4O3. The van der Waals surface area contributed by atoms with Crippen molar-refractivity contribution in [3.05, 3.63) is 89.4 Å². The number of rotatable bonds is 8. The molecule has 7 heteroatoms. The van der Waals surface area contributed by atoms with Crippen LogP contribution in [0.15, 0.2) is 66.9 Å². The lowest BCUT2D eigenvalue weighted by Crippen LogP contribution is -2.31. The van der Waals surface area contributed by atoms with Gasteiger partial charge in [-0.2, -0.15) is 0 Å². The molecule has 1 aromatic heterocycles. The van der Waals surface area contributed by atoms with Crippen LogP contribution in [0.25, 0.3) is 10.9 Å². The minimum atomic E-state index is -0.312. The number of amides is 1. The van der Waals surface area contributed by atoms with Gasteiger partial charge in [-0.15, -0.1) is 0 Å². The van der Waals surface area contributed by atoms with Crippen LogP contribution in [-0.2, 0) is 19.4 Å². The smallest absolute Gasteiger partial charge is 0.293 e.